The molecule has 1 aromatic carbocycles. The zero-order valence-electron chi connectivity index (χ0n) is 12.6. The molecule has 3 rings (SSSR count). The minimum absolute atomic E-state index is 0.182. The number of carbonyl (C=O) groups is 1. The Morgan fingerprint density at radius 1 is 1.33 bits per heavy atom. The lowest BCUT2D eigenvalue weighted by Gasteiger charge is -2.26. The highest BCUT2D eigenvalue weighted by Crippen LogP contribution is 2.56. The molecule has 0 bridgehead atoms. The maximum atomic E-state index is 13.0. The maximum Gasteiger partial charge on any atom is 0.233 e. The predicted octanol–water partition coefficient (Wildman–Crippen LogP) is 1.50. The predicted molar refractivity (Wildman–Crippen MR) is 79.3 cm³/mol. The lowest BCUT2D eigenvalue weighted by molar-refractivity contribution is -0.134. The second kappa shape index (κ2) is 5.22. The molecule has 5 nitrogen and oxygen atoms in total. The second-order valence-electron chi connectivity index (χ2n) is 5.65. The van der Waals surface area contributed by atoms with Crippen LogP contribution in [0, 0.1) is 5.92 Å². The monoisotopic (exact) mass is 290 g/mol. The van der Waals surface area contributed by atoms with Crippen LogP contribution in [0.2, 0.25) is 0 Å². The quantitative estimate of drug-likeness (QED) is 0.892. The molecule has 5 heteroatoms. The molecule has 0 aromatic heterocycles. The molecule has 1 aromatic rings. The van der Waals surface area contributed by atoms with Gasteiger partial charge in [-0.3, -0.25) is 4.79 Å². The molecule has 1 aliphatic carbocycles. The number of likely N-dealkylation sites (N-methyl/N-ethyl adjacent to an activating group) is 1. The topological polar surface area (TPSA) is 64.8 Å². The summed E-state index contributed by atoms with van der Waals surface area (Å²) in [6, 6.07) is 5.81. The van der Waals surface area contributed by atoms with Gasteiger partial charge < -0.3 is 20.1 Å². The Kier molecular flexibility index (Phi) is 3.53. The van der Waals surface area contributed by atoms with Crippen molar-refractivity contribution < 1.29 is 14.3 Å². The molecule has 0 radical (unpaired) electrons. The standard InChI is InChI=1S/C16H22N2O3/c1-3-18(4-2)15(19)16(8-12(16)9-17)11-5-6-13-14(7-11)21-10-20-13/h5-7,12H,3-4,8-10,17H2,1-2H3/t12-,16+/m0/s1. The third kappa shape index (κ3) is 2.07. The number of hydrogen-bond acceptors (Lipinski definition) is 4. The Labute approximate surface area is 125 Å². The van der Waals surface area contributed by atoms with Crippen molar-refractivity contribution in [2.75, 3.05) is 26.4 Å². The molecule has 1 saturated carbocycles. The van der Waals surface area contributed by atoms with E-state index in [-0.39, 0.29) is 18.6 Å². The number of carbonyl (C=O) groups excluding carboxylic acids is 1. The number of benzene rings is 1. The van der Waals surface area contributed by atoms with E-state index < -0.39 is 5.41 Å². The van der Waals surface area contributed by atoms with E-state index in [1.54, 1.807) is 0 Å². The summed E-state index contributed by atoms with van der Waals surface area (Å²) in [6.07, 6.45) is 0.818. The van der Waals surface area contributed by atoms with Gasteiger partial charge in [0, 0.05) is 13.1 Å². The smallest absolute Gasteiger partial charge is 0.233 e. The first-order valence-corrected chi connectivity index (χ1v) is 7.57. The fourth-order valence-corrected chi connectivity index (χ4v) is 3.32. The van der Waals surface area contributed by atoms with Crippen LogP contribution in [0.1, 0.15) is 25.8 Å². The van der Waals surface area contributed by atoms with Gasteiger partial charge in [-0.1, -0.05) is 6.07 Å². The van der Waals surface area contributed by atoms with Crippen LogP contribution in [0.5, 0.6) is 11.5 Å². The summed E-state index contributed by atoms with van der Waals surface area (Å²) in [6.45, 7) is 6.23. The van der Waals surface area contributed by atoms with Crippen molar-refractivity contribution in [1.29, 1.82) is 0 Å². The lowest BCUT2D eigenvalue weighted by Crippen LogP contribution is -2.40. The number of amides is 1. The highest BCUT2D eigenvalue weighted by molar-refractivity contribution is 5.92. The van der Waals surface area contributed by atoms with Crippen LogP contribution >= 0.6 is 0 Å². The Bertz CT molecular complexity index is 556. The number of rotatable bonds is 5. The van der Waals surface area contributed by atoms with Crippen molar-refractivity contribution in [2.24, 2.45) is 11.7 Å². The fraction of sp³-hybridized carbons (Fsp3) is 0.562. The number of nitrogens with two attached hydrogens (primary N) is 1. The Balaban J connectivity index is 1.97. The third-order valence-electron chi connectivity index (χ3n) is 4.71. The van der Waals surface area contributed by atoms with E-state index in [0.29, 0.717) is 6.54 Å². The van der Waals surface area contributed by atoms with Gasteiger partial charge in [0.15, 0.2) is 11.5 Å². The van der Waals surface area contributed by atoms with Crippen LogP contribution in [0.15, 0.2) is 18.2 Å². The van der Waals surface area contributed by atoms with E-state index in [2.05, 4.69) is 0 Å². The summed E-state index contributed by atoms with van der Waals surface area (Å²) in [5.74, 6) is 1.86. The molecule has 21 heavy (non-hydrogen) atoms. The van der Waals surface area contributed by atoms with Gasteiger partial charge >= 0.3 is 0 Å². The minimum atomic E-state index is -0.470. The van der Waals surface area contributed by atoms with Gasteiger partial charge in [0.1, 0.15) is 0 Å². The SMILES string of the molecule is CCN(CC)C(=O)[C@@]1(c2ccc3c(c2)OCO3)C[C@H]1CN. The van der Waals surface area contributed by atoms with Gasteiger partial charge in [-0.15, -0.1) is 0 Å². The average molecular weight is 290 g/mol. The largest absolute Gasteiger partial charge is 0.454 e. The Morgan fingerprint density at radius 3 is 2.67 bits per heavy atom. The van der Waals surface area contributed by atoms with Gasteiger partial charge in [-0.25, -0.2) is 0 Å². The van der Waals surface area contributed by atoms with Gasteiger partial charge in [0.2, 0.25) is 12.7 Å². The molecule has 2 atom stereocenters. The molecule has 0 unspecified atom stereocenters. The number of hydrogen-bond donors (Lipinski definition) is 1. The first kappa shape index (κ1) is 14.2. The van der Waals surface area contributed by atoms with Crippen molar-refractivity contribution in [3.8, 4) is 11.5 Å². The van der Waals surface area contributed by atoms with Gasteiger partial charge in [-0.2, -0.15) is 0 Å². The van der Waals surface area contributed by atoms with Crippen LogP contribution in [-0.2, 0) is 10.2 Å². The maximum absolute atomic E-state index is 13.0. The van der Waals surface area contributed by atoms with Crippen LogP contribution in [0.4, 0.5) is 0 Å². The molecule has 1 heterocycles. The first-order chi connectivity index (χ1) is 10.2. The summed E-state index contributed by atoms with van der Waals surface area (Å²) < 4.78 is 10.8. The minimum Gasteiger partial charge on any atom is -0.454 e. The van der Waals surface area contributed by atoms with Crippen molar-refractivity contribution in [1.82, 2.24) is 4.90 Å². The number of ether oxygens (including phenoxy) is 2. The summed E-state index contributed by atoms with van der Waals surface area (Å²) in [4.78, 5) is 14.8. The summed E-state index contributed by atoms with van der Waals surface area (Å²) in [7, 11) is 0. The number of fused-ring (bicyclic) bond motifs is 1. The van der Waals surface area contributed by atoms with E-state index >= 15 is 0 Å². The van der Waals surface area contributed by atoms with Crippen LogP contribution < -0.4 is 15.2 Å². The molecule has 114 valence electrons. The zero-order chi connectivity index (χ0) is 15.0. The fourth-order valence-electron chi connectivity index (χ4n) is 3.32. The van der Waals surface area contributed by atoms with E-state index in [4.69, 9.17) is 15.2 Å². The van der Waals surface area contributed by atoms with E-state index in [1.165, 1.54) is 0 Å². The highest BCUT2D eigenvalue weighted by Gasteiger charge is 2.61. The molecule has 1 fully saturated rings. The van der Waals surface area contributed by atoms with Crippen molar-refractivity contribution in [2.45, 2.75) is 25.7 Å². The molecule has 2 aliphatic rings. The molecular formula is C16H22N2O3. The highest BCUT2D eigenvalue weighted by atomic mass is 16.7. The average Bonchev–Trinajstić information content (AvgIpc) is 3.08. The van der Waals surface area contributed by atoms with Crippen LogP contribution in [0.25, 0.3) is 0 Å². The van der Waals surface area contributed by atoms with E-state index in [1.807, 2.05) is 36.9 Å². The van der Waals surface area contributed by atoms with Crippen molar-refractivity contribution >= 4 is 5.91 Å². The second-order valence-corrected chi connectivity index (χ2v) is 5.65. The van der Waals surface area contributed by atoms with Crippen molar-refractivity contribution in [3.05, 3.63) is 23.8 Å². The van der Waals surface area contributed by atoms with E-state index in [0.717, 1.165) is 36.6 Å². The summed E-state index contributed by atoms with van der Waals surface area (Å²) >= 11 is 0. The Hall–Kier alpha value is -1.75. The van der Waals surface area contributed by atoms with Crippen LogP contribution in [-0.4, -0.2) is 37.2 Å². The zero-order valence-corrected chi connectivity index (χ0v) is 12.6. The lowest BCUT2D eigenvalue weighted by atomic mass is 9.91. The van der Waals surface area contributed by atoms with Gasteiger partial charge in [0.25, 0.3) is 0 Å². The van der Waals surface area contributed by atoms with Crippen molar-refractivity contribution in [3.63, 3.8) is 0 Å². The summed E-state index contributed by atoms with van der Waals surface area (Å²) in [5.41, 5.74) is 6.38. The first-order valence-electron chi connectivity index (χ1n) is 7.57. The molecule has 2 N–H and O–H groups in total. The van der Waals surface area contributed by atoms with Gasteiger partial charge in [0.05, 0.1) is 5.41 Å². The van der Waals surface area contributed by atoms with E-state index in [9.17, 15) is 4.79 Å². The third-order valence-corrected chi connectivity index (χ3v) is 4.71. The molecule has 1 aliphatic heterocycles. The van der Waals surface area contributed by atoms with Crippen LogP contribution in [0.3, 0.4) is 0 Å². The molecular weight excluding hydrogens is 268 g/mol. The molecule has 0 saturated heterocycles. The number of nitrogens with zero attached hydrogens (tertiary/aromatic N) is 1. The summed E-state index contributed by atoms with van der Waals surface area (Å²) in [5, 5.41) is 0. The molecule has 1 amide bonds. The normalized spacial score (nSPS) is 25.8. The molecule has 0 spiro atoms. The Morgan fingerprint density at radius 2 is 2.05 bits per heavy atom. The van der Waals surface area contributed by atoms with Gasteiger partial charge in [-0.05, 0) is 50.4 Å².